The van der Waals surface area contributed by atoms with E-state index in [2.05, 4.69) is 10.2 Å². The van der Waals surface area contributed by atoms with E-state index in [1.807, 2.05) is 31.4 Å². The minimum absolute atomic E-state index is 0.105. The molecule has 0 bridgehead atoms. The molecule has 0 spiro atoms. The average molecular weight is 248 g/mol. The van der Waals surface area contributed by atoms with Crippen molar-refractivity contribution < 1.29 is 9.90 Å². The summed E-state index contributed by atoms with van der Waals surface area (Å²) in [6, 6.07) is 7.61. The van der Waals surface area contributed by atoms with Crippen molar-refractivity contribution in [2.24, 2.45) is 0 Å². The summed E-state index contributed by atoms with van der Waals surface area (Å²) in [7, 11) is 0. The van der Waals surface area contributed by atoms with Crippen LogP contribution in [0.4, 0.5) is 0 Å². The van der Waals surface area contributed by atoms with Gasteiger partial charge in [-0.2, -0.15) is 5.10 Å². The summed E-state index contributed by atoms with van der Waals surface area (Å²) in [5, 5.41) is 15.4. The summed E-state index contributed by atoms with van der Waals surface area (Å²) in [6.07, 6.45) is 1.99. The molecule has 2 aromatic rings. The normalized spacial score (nSPS) is 10.5. The molecule has 0 aliphatic carbocycles. The highest BCUT2D eigenvalue weighted by atomic mass is 32.2. The first-order valence-electron chi connectivity index (χ1n) is 5.05. The Balaban J connectivity index is 2.51. The summed E-state index contributed by atoms with van der Waals surface area (Å²) in [5.41, 5.74) is 2.85. The first kappa shape index (κ1) is 11.7. The number of nitrogens with one attached hydrogen (secondary N) is 1. The van der Waals surface area contributed by atoms with Gasteiger partial charge < -0.3 is 5.11 Å². The Hall–Kier alpha value is -1.75. The molecule has 0 aliphatic heterocycles. The molecule has 0 amide bonds. The van der Waals surface area contributed by atoms with Gasteiger partial charge in [-0.1, -0.05) is 11.6 Å². The van der Waals surface area contributed by atoms with Gasteiger partial charge in [0.2, 0.25) is 0 Å². The van der Waals surface area contributed by atoms with Gasteiger partial charge in [-0.3, -0.25) is 5.10 Å². The number of carboxylic acids is 1. The molecule has 0 saturated heterocycles. The number of rotatable bonds is 3. The third-order valence-corrected chi connectivity index (χ3v) is 3.24. The molecule has 2 N–H and O–H groups in total. The lowest BCUT2D eigenvalue weighted by atomic mass is 10.1. The van der Waals surface area contributed by atoms with Crippen LogP contribution < -0.4 is 0 Å². The zero-order chi connectivity index (χ0) is 12.4. The molecule has 17 heavy (non-hydrogen) atoms. The second kappa shape index (κ2) is 4.63. The third-order valence-electron chi connectivity index (χ3n) is 2.44. The van der Waals surface area contributed by atoms with Gasteiger partial charge >= 0.3 is 5.97 Å². The van der Waals surface area contributed by atoms with Gasteiger partial charge in [0.1, 0.15) is 5.69 Å². The van der Waals surface area contributed by atoms with E-state index in [0.29, 0.717) is 5.69 Å². The van der Waals surface area contributed by atoms with E-state index in [9.17, 15) is 4.79 Å². The summed E-state index contributed by atoms with van der Waals surface area (Å²) in [5.74, 6) is -0.998. The van der Waals surface area contributed by atoms with Crippen molar-refractivity contribution in [1.82, 2.24) is 10.2 Å². The van der Waals surface area contributed by atoms with Gasteiger partial charge in [-0.25, -0.2) is 4.79 Å². The lowest BCUT2D eigenvalue weighted by Crippen LogP contribution is -1.95. The second-order valence-electron chi connectivity index (χ2n) is 3.68. The molecule has 2 rings (SSSR count). The number of benzene rings is 1. The topological polar surface area (TPSA) is 66.0 Å². The summed E-state index contributed by atoms with van der Waals surface area (Å²) >= 11 is 1.62. The lowest BCUT2D eigenvalue weighted by Gasteiger charge is -2.05. The zero-order valence-electron chi connectivity index (χ0n) is 9.52. The highest BCUT2D eigenvalue weighted by molar-refractivity contribution is 7.98. The molecule has 0 unspecified atom stereocenters. The second-order valence-corrected chi connectivity index (χ2v) is 4.52. The van der Waals surface area contributed by atoms with Crippen molar-refractivity contribution in [2.75, 3.05) is 6.26 Å². The third kappa shape index (κ3) is 2.34. The van der Waals surface area contributed by atoms with Gasteiger partial charge in [-0.05, 0) is 31.4 Å². The Labute approximate surface area is 103 Å². The minimum atomic E-state index is -0.998. The molecule has 0 radical (unpaired) electrons. The van der Waals surface area contributed by atoms with Gasteiger partial charge in [0.05, 0.1) is 5.69 Å². The Bertz CT molecular complexity index is 563. The van der Waals surface area contributed by atoms with Gasteiger partial charge in [0, 0.05) is 10.5 Å². The fraction of sp³-hybridized carbons (Fsp3) is 0.167. The van der Waals surface area contributed by atoms with Crippen LogP contribution >= 0.6 is 11.8 Å². The monoisotopic (exact) mass is 248 g/mol. The summed E-state index contributed by atoms with van der Waals surface area (Å²) in [6.45, 7) is 2.00. The number of carboxylic acid groups (broad SMARTS) is 1. The first-order chi connectivity index (χ1) is 8.11. The quantitative estimate of drug-likeness (QED) is 0.820. The average Bonchev–Trinajstić information content (AvgIpc) is 2.78. The molecule has 0 atom stereocenters. The van der Waals surface area contributed by atoms with Crippen LogP contribution in [0, 0.1) is 6.92 Å². The molecule has 88 valence electrons. The maximum Gasteiger partial charge on any atom is 0.353 e. The number of hydrogen-bond donors (Lipinski definition) is 2. The van der Waals surface area contributed by atoms with Crippen molar-refractivity contribution in [1.29, 1.82) is 0 Å². The van der Waals surface area contributed by atoms with Crippen molar-refractivity contribution in [3.8, 4) is 11.3 Å². The van der Waals surface area contributed by atoms with Crippen LogP contribution in [-0.2, 0) is 0 Å². The number of nitrogens with zero attached hydrogens (tertiary/aromatic N) is 1. The van der Waals surface area contributed by atoms with E-state index >= 15 is 0 Å². The molecular formula is C12H12N2O2S. The van der Waals surface area contributed by atoms with E-state index in [0.717, 1.165) is 16.0 Å². The number of aromatic carboxylic acids is 1. The van der Waals surface area contributed by atoms with Crippen molar-refractivity contribution in [2.45, 2.75) is 11.8 Å². The van der Waals surface area contributed by atoms with Crippen LogP contribution in [0.1, 0.15) is 16.1 Å². The molecule has 1 aromatic heterocycles. The minimum Gasteiger partial charge on any atom is -0.477 e. The maximum atomic E-state index is 10.8. The molecular weight excluding hydrogens is 236 g/mol. The lowest BCUT2D eigenvalue weighted by molar-refractivity contribution is 0.0690. The molecule has 5 heteroatoms. The summed E-state index contributed by atoms with van der Waals surface area (Å²) in [4.78, 5) is 11.9. The number of aromatic nitrogens is 2. The molecule has 0 saturated carbocycles. The fourth-order valence-electron chi connectivity index (χ4n) is 1.59. The highest BCUT2D eigenvalue weighted by Crippen LogP contribution is 2.30. The Kier molecular flexibility index (Phi) is 3.19. The van der Waals surface area contributed by atoms with E-state index in [1.165, 1.54) is 0 Å². The van der Waals surface area contributed by atoms with Crippen molar-refractivity contribution in [3.63, 3.8) is 0 Å². The van der Waals surface area contributed by atoms with Gasteiger partial charge in [-0.15, -0.1) is 11.8 Å². The molecule has 1 heterocycles. The van der Waals surface area contributed by atoms with Crippen LogP contribution in [0.5, 0.6) is 0 Å². The van der Waals surface area contributed by atoms with E-state index < -0.39 is 5.97 Å². The van der Waals surface area contributed by atoms with Crippen LogP contribution in [0.15, 0.2) is 29.2 Å². The largest absolute Gasteiger partial charge is 0.477 e. The Morgan fingerprint density at radius 3 is 2.76 bits per heavy atom. The molecule has 0 fully saturated rings. The standard InChI is InChI=1S/C12H12N2O2S/c1-7-3-4-11(17-2)8(5-7)9-6-10(12(15)16)14-13-9/h3-6H,1-2H3,(H,13,14)(H,15,16). The Morgan fingerprint density at radius 2 is 2.18 bits per heavy atom. The molecule has 4 nitrogen and oxygen atoms in total. The van der Waals surface area contributed by atoms with E-state index in [1.54, 1.807) is 17.8 Å². The first-order valence-corrected chi connectivity index (χ1v) is 6.28. The number of thioether (sulfide) groups is 1. The predicted molar refractivity (Wildman–Crippen MR) is 67.5 cm³/mol. The smallest absolute Gasteiger partial charge is 0.353 e. The van der Waals surface area contributed by atoms with Crippen LogP contribution in [0.2, 0.25) is 0 Å². The number of H-pyrrole nitrogens is 1. The van der Waals surface area contributed by atoms with Crippen LogP contribution in [-0.4, -0.2) is 27.5 Å². The van der Waals surface area contributed by atoms with Crippen molar-refractivity contribution >= 4 is 17.7 Å². The number of aromatic amines is 1. The highest BCUT2D eigenvalue weighted by Gasteiger charge is 2.12. The molecule has 1 aromatic carbocycles. The molecule has 0 aliphatic rings. The number of carbonyl (C=O) groups is 1. The van der Waals surface area contributed by atoms with Crippen molar-refractivity contribution in [3.05, 3.63) is 35.5 Å². The number of hydrogen-bond acceptors (Lipinski definition) is 3. The fourth-order valence-corrected chi connectivity index (χ4v) is 2.18. The van der Waals surface area contributed by atoms with Crippen LogP contribution in [0.3, 0.4) is 0 Å². The van der Waals surface area contributed by atoms with Gasteiger partial charge in [0.15, 0.2) is 0 Å². The number of aryl methyl sites for hydroxylation is 1. The van der Waals surface area contributed by atoms with E-state index in [4.69, 9.17) is 5.11 Å². The predicted octanol–water partition coefficient (Wildman–Crippen LogP) is 2.81. The SMILES string of the molecule is CSc1ccc(C)cc1-c1cc(C(=O)O)[nH]n1. The van der Waals surface area contributed by atoms with E-state index in [-0.39, 0.29) is 5.69 Å². The zero-order valence-corrected chi connectivity index (χ0v) is 10.3. The Morgan fingerprint density at radius 1 is 1.41 bits per heavy atom. The van der Waals surface area contributed by atoms with Gasteiger partial charge in [0.25, 0.3) is 0 Å². The van der Waals surface area contributed by atoms with Crippen LogP contribution in [0.25, 0.3) is 11.3 Å². The maximum absolute atomic E-state index is 10.8. The summed E-state index contributed by atoms with van der Waals surface area (Å²) < 4.78 is 0.